The minimum Gasteiger partial charge on any atom is -0.302 e. The van der Waals surface area contributed by atoms with Crippen LogP contribution in [0.2, 0.25) is 0 Å². The largest absolute Gasteiger partial charge is 0.302 e. The number of hydrogen-bond donors (Lipinski definition) is 1. The number of carbonyl (C=O) groups excluding carboxylic acids is 1. The molecule has 1 atom stereocenters. The molecule has 0 saturated carbocycles. The van der Waals surface area contributed by atoms with Crippen LogP contribution in [0.1, 0.15) is 26.7 Å². The fraction of sp³-hybridized carbons (Fsp3) is 0.636. The number of nitrogens with one attached hydrogen (secondary N) is 1. The molecule has 0 radical (unpaired) electrons. The summed E-state index contributed by atoms with van der Waals surface area (Å²) >= 11 is 0.990. The number of aromatic nitrogens is 1. The number of anilines is 1. The average molecular weight is 303 g/mol. The number of thiazole rings is 1. The highest BCUT2D eigenvalue weighted by molar-refractivity contribution is 7.91. The zero-order valence-electron chi connectivity index (χ0n) is 10.9. The number of rotatable bonds is 3. The second-order valence-corrected chi connectivity index (χ2v) is 7.97. The maximum Gasteiger partial charge on any atom is 0.254 e. The molecule has 1 N–H and O–H groups in total. The van der Waals surface area contributed by atoms with Crippen molar-refractivity contribution in [1.29, 1.82) is 0 Å². The molecule has 1 saturated heterocycles. The molecule has 106 valence electrons. The average Bonchev–Trinajstić information content (AvgIpc) is 2.77. The fourth-order valence-electron chi connectivity index (χ4n) is 2.08. The lowest BCUT2D eigenvalue weighted by molar-refractivity contribution is -0.114. The van der Waals surface area contributed by atoms with Crippen LogP contribution in [0.3, 0.4) is 0 Å². The molecule has 1 aliphatic heterocycles. The predicted molar refractivity (Wildman–Crippen MR) is 73.6 cm³/mol. The number of amides is 1. The number of hydrogen-bond acceptors (Lipinski definition) is 5. The van der Waals surface area contributed by atoms with Gasteiger partial charge in [0.05, 0.1) is 6.20 Å². The van der Waals surface area contributed by atoms with Crippen LogP contribution in [0, 0.1) is 5.92 Å². The number of carbonyl (C=O) groups is 1. The molecule has 1 aromatic heterocycles. The first kappa shape index (κ1) is 14.4. The molecule has 1 aliphatic rings. The van der Waals surface area contributed by atoms with E-state index in [4.69, 9.17) is 0 Å². The van der Waals surface area contributed by atoms with Gasteiger partial charge in [-0.1, -0.05) is 18.3 Å². The molecule has 19 heavy (non-hydrogen) atoms. The van der Waals surface area contributed by atoms with E-state index in [-0.39, 0.29) is 10.1 Å². The molecule has 0 aromatic carbocycles. The molecule has 1 fully saturated rings. The molecule has 0 bridgehead atoms. The molecule has 2 rings (SSSR count). The van der Waals surface area contributed by atoms with Gasteiger partial charge in [-0.05, 0) is 18.8 Å². The van der Waals surface area contributed by atoms with Crippen molar-refractivity contribution in [2.45, 2.75) is 30.9 Å². The van der Waals surface area contributed by atoms with Gasteiger partial charge < -0.3 is 5.32 Å². The smallest absolute Gasteiger partial charge is 0.254 e. The Balaban J connectivity index is 2.19. The fourth-order valence-corrected chi connectivity index (χ4v) is 4.91. The standard InChI is InChI=1S/C11H17N3O3S2/c1-8-4-3-5-14(7-8)19(16,17)10-6-12-11(18-10)13-9(2)15/h6,8H,3-5,7H2,1-2H3,(H,12,13,15)/t8-/m1/s1. The summed E-state index contributed by atoms with van der Waals surface area (Å²) in [5.41, 5.74) is 0. The van der Waals surface area contributed by atoms with E-state index in [0.717, 1.165) is 24.2 Å². The topological polar surface area (TPSA) is 79.4 Å². The van der Waals surface area contributed by atoms with E-state index in [9.17, 15) is 13.2 Å². The summed E-state index contributed by atoms with van der Waals surface area (Å²) in [5, 5.41) is 2.81. The first-order valence-electron chi connectivity index (χ1n) is 6.13. The molecule has 0 unspecified atom stereocenters. The van der Waals surface area contributed by atoms with Crippen molar-refractivity contribution in [1.82, 2.24) is 9.29 Å². The first-order chi connectivity index (χ1) is 8.89. The Labute approximate surface area is 116 Å². The Morgan fingerprint density at radius 3 is 2.95 bits per heavy atom. The van der Waals surface area contributed by atoms with E-state index in [1.807, 2.05) is 0 Å². The Morgan fingerprint density at radius 1 is 1.58 bits per heavy atom. The number of nitrogens with zero attached hydrogens (tertiary/aromatic N) is 2. The molecule has 0 spiro atoms. The van der Waals surface area contributed by atoms with Crippen molar-refractivity contribution in [2.75, 3.05) is 18.4 Å². The van der Waals surface area contributed by atoms with Crippen LogP contribution in [0.15, 0.2) is 10.4 Å². The van der Waals surface area contributed by atoms with E-state index in [0.29, 0.717) is 24.1 Å². The minimum absolute atomic E-state index is 0.186. The number of piperidine rings is 1. The van der Waals surface area contributed by atoms with E-state index in [1.54, 1.807) is 0 Å². The Bertz CT molecular complexity index is 567. The lowest BCUT2D eigenvalue weighted by atomic mass is 10.0. The SMILES string of the molecule is CC(=O)Nc1ncc(S(=O)(=O)N2CCC[C@@H](C)C2)s1. The summed E-state index contributed by atoms with van der Waals surface area (Å²) < 4.78 is 26.5. The Hall–Kier alpha value is -0.990. The van der Waals surface area contributed by atoms with E-state index < -0.39 is 10.0 Å². The van der Waals surface area contributed by atoms with Gasteiger partial charge in [-0.3, -0.25) is 4.79 Å². The van der Waals surface area contributed by atoms with Gasteiger partial charge in [-0.25, -0.2) is 13.4 Å². The molecular weight excluding hydrogens is 286 g/mol. The predicted octanol–water partition coefficient (Wildman–Crippen LogP) is 1.52. The molecule has 8 heteroatoms. The van der Waals surface area contributed by atoms with Crippen LogP contribution < -0.4 is 5.32 Å². The first-order valence-corrected chi connectivity index (χ1v) is 8.39. The Morgan fingerprint density at radius 2 is 2.32 bits per heavy atom. The highest BCUT2D eigenvalue weighted by atomic mass is 32.2. The molecule has 1 aromatic rings. The summed E-state index contributed by atoms with van der Waals surface area (Å²) in [4.78, 5) is 14.8. The van der Waals surface area contributed by atoms with Crippen molar-refractivity contribution in [3.63, 3.8) is 0 Å². The molecular formula is C11H17N3O3S2. The van der Waals surface area contributed by atoms with Gasteiger partial charge in [0.15, 0.2) is 9.34 Å². The molecule has 2 heterocycles. The summed E-state index contributed by atoms with van der Waals surface area (Å²) in [6.07, 6.45) is 3.26. The van der Waals surface area contributed by atoms with Crippen LogP contribution in [0.4, 0.5) is 5.13 Å². The third-order valence-electron chi connectivity index (χ3n) is 2.98. The van der Waals surface area contributed by atoms with Gasteiger partial charge in [0, 0.05) is 20.0 Å². The molecule has 1 amide bonds. The third-order valence-corrected chi connectivity index (χ3v) is 6.20. The van der Waals surface area contributed by atoms with Crippen LogP contribution in [-0.2, 0) is 14.8 Å². The van der Waals surface area contributed by atoms with Gasteiger partial charge >= 0.3 is 0 Å². The van der Waals surface area contributed by atoms with Crippen molar-refractivity contribution < 1.29 is 13.2 Å². The van der Waals surface area contributed by atoms with Crippen molar-refractivity contribution in [2.24, 2.45) is 5.92 Å². The minimum atomic E-state index is -3.47. The molecule has 0 aliphatic carbocycles. The summed E-state index contributed by atoms with van der Waals surface area (Å²) in [5.74, 6) is 0.121. The summed E-state index contributed by atoms with van der Waals surface area (Å²) in [7, 11) is -3.47. The monoisotopic (exact) mass is 303 g/mol. The second kappa shape index (κ2) is 5.56. The van der Waals surface area contributed by atoms with E-state index in [2.05, 4.69) is 17.2 Å². The highest BCUT2D eigenvalue weighted by Gasteiger charge is 2.30. The van der Waals surface area contributed by atoms with Gasteiger partial charge in [0.1, 0.15) is 0 Å². The zero-order valence-corrected chi connectivity index (χ0v) is 12.6. The van der Waals surface area contributed by atoms with Crippen molar-refractivity contribution in [3.8, 4) is 0 Å². The van der Waals surface area contributed by atoms with Crippen LogP contribution >= 0.6 is 11.3 Å². The maximum atomic E-state index is 12.4. The van der Waals surface area contributed by atoms with Gasteiger partial charge in [0.25, 0.3) is 10.0 Å². The third kappa shape index (κ3) is 3.31. The summed E-state index contributed by atoms with van der Waals surface area (Å²) in [6.45, 7) is 4.52. The normalized spacial score (nSPS) is 21.3. The van der Waals surface area contributed by atoms with Crippen LogP contribution in [0.25, 0.3) is 0 Å². The maximum absolute atomic E-state index is 12.4. The van der Waals surface area contributed by atoms with Gasteiger partial charge in [-0.2, -0.15) is 4.31 Å². The number of sulfonamides is 1. The lowest BCUT2D eigenvalue weighted by Gasteiger charge is -2.29. The van der Waals surface area contributed by atoms with E-state index >= 15 is 0 Å². The Kier molecular flexibility index (Phi) is 4.22. The van der Waals surface area contributed by atoms with Gasteiger partial charge in [0.2, 0.25) is 5.91 Å². The zero-order chi connectivity index (χ0) is 14.0. The van der Waals surface area contributed by atoms with Crippen molar-refractivity contribution in [3.05, 3.63) is 6.20 Å². The quantitative estimate of drug-likeness (QED) is 0.918. The van der Waals surface area contributed by atoms with Crippen LogP contribution in [0.5, 0.6) is 0 Å². The van der Waals surface area contributed by atoms with Gasteiger partial charge in [-0.15, -0.1) is 0 Å². The summed E-state index contributed by atoms with van der Waals surface area (Å²) in [6, 6.07) is 0. The van der Waals surface area contributed by atoms with E-state index in [1.165, 1.54) is 17.4 Å². The lowest BCUT2D eigenvalue weighted by Crippen LogP contribution is -2.38. The highest BCUT2D eigenvalue weighted by Crippen LogP contribution is 2.28. The second-order valence-electron chi connectivity index (χ2n) is 4.78. The molecule has 6 nitrogen and oxygen atoms in total. The van der Waals surface area contributed by atoms with Crippen molar-refractivity contribution >= 4 is 32.4 Å². The van der Waals surface area contributed by atoms with Crippen LogP contribution in [-0.4, -0.2) is 36.7 Å².